The van der Waals surface area contributed by atoms with Crippen molar-refractivity contribution < 1.29 is 18.2 Å². The quantitative estimate of drug-likeness (QED) is 0.189. The van der Waals surface area contributed by atoms with E-state index >= 15 is 0 Å². The molecule has 38 heavy (non-hydrogen) atoms. The van der Waals surface area contributed by atoms with Crippen molar-refractivity contribution in [3.8, 4) is 12.1 Å². The predicted octanol–water partition coefficient (Wildman–Crippen LogP) is 6.04. The SMILES string of the molecule is CC(CCCNP(=O)(OC(C)(C)CC#N)c1ccccc1)CNP(=O)(OC(C)(C)CC#N)c1ccccc1. The second-order valence-electron chi connectivity index (χ2n) is 10.7. The van der Waals surface area contributed by atoms with E-state index in [1.165, 1.54) is 0 Å². The molecule has 0 aliphatic carbocycles. The third-order valence-electron chi connectivity index (χ3n) is 5.79. The molecule has 206 valence electrons. The van der Waals surface area contributed by atoms with Gasteiger partial charge in [0, 0.05) is 13.1 Å². The molecule has 2 rings (SSSR count). The number of nitriles is 2. The van der Waals surface area contributed by atoms with Crippen LogP contribution in [0.2, 0.25) is 0 Å². The summed E-state index contributed by atoms with van der Waals surface area (Å²) >= 11 is 0. The van der Waals surface area contributed by atoms with Crippen LogP contribution >= 0.6 is 15.0 Å². The van der Waals surface area contributed by atoms with Crippen LogP contribution < -0.4 is 20.8 Å². The number of rotatable bonds is 16. The molecule has 8 nitrogen and oxygen atoms in total. The molecule has 0 aliphatic rings. The van der Waals surface area contributed by atoms with Crippen LogP contribution in [-0.4, -0.2) is 24.3 Å². The lowest BCUT2D eigenvalue weighted by Gasteiger charge is -2.30. The fourth-order valence-electron chi connectivity index (χ4n) is 3.80. The molecule has 0 heterocycles. The first-order chi connectivity index (χ1) is 17.8. The second kappa shape index (κ2) is 14.2. The van der Waals surface area contributed by atoms with Gasteiger partial charge in [0.05, 0.1) is 46.8 Å². The highest BCUT2D eigenvalue weighted by atomic mass is 31.2. The maximum absolute atomic E-state index is 13.9. The minimum atomic E-state index is -3.42. The Labute approximate surface area is 227 Å². The molecule has 0 amide bonds. The van der Waals surface area contributed by atoms with Crippen molar-refractivity contribution in [2.24, 2.45) is 5.92 Å². The summed E-state index contributed by atoms with van der Waals surface area (Å²) in [4.78, 5) is 0. The molecule has 3 atom stereocenters. The van der Waals surface area contributed by atoms with Gasteiger partial charge in [0.1, 0.15) is 0 Å². The number of hydrogen-bond acceptors (Lipinski definition) is 6. The summed E-state index contributed by atoms with van der Waals surface area (Å²) in [6, 6.07) is 22.2. The van der Waals surface area contributed by atoms with Crippen molar-refractivity contribution in [1.29, 1.82) is 10.5 Å². The van der Waals surface area contributed by atoms with E-state index in [-0.39, 0.29) is 18.8 Å². The molecule has 2 aromatic carbocycles. The molecule has 0 aromatic heterocycles. The third-order valence-corrected chi connectivity index (χ3v) is 10.5. The Morgan fingerprint density at radius 3 is 1.63 bits per heavy atom. The fourth-order valence-corrected chi connectivity index (χ4v) is 8.16. The van der Waals surface area contributed by atoms with Gasteiger partial charge in [-0.3, -0.25) is 9.13 Å². The lowest BCUT2D eigenvalue weighted by Crippen LogP contribution is -2.33. The first-order valence-corrected chi connectivity index (χ1v) is 16.1. The summed E-state index contributed by atoms with van der Waals surface area (Å²) in [5, 5.41) is 25.6. The summed E-state index contributed by atoms with van der Waals surface area (Å²) in [7, 11) is -6.82. The van der Waals surface area contributed by atoms with Crippen molar-refractivity contribution >= 4 is 25.6 Å². The highest BCUT2D eigenvalue weighted by Crippen LogP contribution is 2.47. The van der Waals surface area contributed by atoms with E-state index in [1.807, 2.05) is 43.3 Å². The Bertz CT molecular complexity index is 1190. The van der Waals surface area contributed by atoms with E-state index in [0.29, 0.717) is 30.1 Å². The van der Waals surface area contributed by atoms with Crippen LogP contribution in [0.15, 0.2) is 60.7 Å². The fraction of sp³-hybridized carbons (Fsp3) is 0.500. The lowest BCUT2D eigenvalue weighted by molar-refractivity contribution is 0.118. The average Bonchev–Trinajstić information content (AvgIpc) is 2.86. The Balaban J connectivity index is 2.00. The van der Waals surface area contributed by atoms with Gasteiger partial charge in [-0.1, -0.05) is 43.3 Å². The second-order valence-corrected chi connectivity index (χ2v) is 14.9. The zero-order valence-electron chi connectivity index (χ0n) is 23.0. The minimum absolute atomic E-state index is 0.113. The largest absolute Gasteiger partial charge is 0.307 e. The Morgan fingerprint density at radius 2 is 1.21 bits per heavy atom. The molecule has 0 spiro atoms. The van der Waals surface area contributed by atoms with Gasteiger partial charge in [-0.05, 0) is 70.7 Å². The monoisotopic (exact) mass is 558 g/mol. The van der Waals surface area contributed by atoms with Gasteiger partial charge in [0.2, 0.25) is 0 Å². The number of nitrogens with zero attached hydrogens (tertiary/aromatic N) is 2. The van der Waals surface area contributed by atoms with Crippen LogP contribution in [-0.2, 0) is 18.2 Å². The Hall–Kier alpha value is -2.28. The van der Waals surface area contributed by atoms with E-state index in [2.05, 4.69) is 22.3 Å². The summed E-state index contributed by atoms with van der Waals surface area (Å²) < 4.78 is 39.7. The standard InChI is InChI=1S/C28H40N4O4P2/c1-24(23-32-38(34,26-16-10-7-11-17-26)36-28(4,5)19-21-30)13-12-22-31-37(33,25-14-8-6-9-15-25)35-27(2,3)18-20-29/h6-11,14-17,24H,12-13,18-19,22-23H2,1-5H3,(H,31,33)(H,32,34). The smallest absolute Gasteiger partial charge is 0.300 e. The summed E-state index contributed by atoms with van der Waals surface area (Å²) in [6.07, 6.45) is 1.70. The molecule has 0 fully saturated rings. The van der Waals surface area contributed by atoms with Crippen molar-refractivity contribution in [1.82, 2.24) is 10.2 Å². The number of nitrogens with one attached hydrogen (secondary N) is 2. The molecule has 0 saturated carbocycles. The molecule has 0 radical (unpaired) electrons. The Kier molecular flexibility index (Phi) is 11.9. The van der Waals surface area contributed by atoms with Crippen molar-refractivity contribution in [2.45, 2.75) is 71.5 Å². The molecule has 0 aliphatic heterocycles. The summed E-state index contributed by atoms with van der Waals surface area (Å²) in [5.41, 5.74) is -1.75. The van der Waals surface area contributed by atoms with Gasteiger partial charge in [-0.25, -0.2) is 10.2 Å². The van der Waals surface area contributed by atoms with E-state index in [9.17, 15) is 9.13 Å². The van der Waals surface area contributed by atoms with Gasteiger partial charge < -0.3 is 9.05 Å². The zero-order valence-corrected chi connectivity index (χ0v) is 24.8. The maximum Gasteiger partial charge on any atom is 0.300 e. The maximum atomic E-state index is 13.9. The molecular formula is C28H40N4O4P2. The minimum Gasteiger partial charge on any atom is -0.307 e. The first-order valence-electron chi connectivity index (χ1n) is 12.8. The molecular weight excluding hydrogens is 518 g/mol. The molecule has 3 unspecified atom stereocenters. The van der Waals surface area contributed by atoms with E-state index in [0.717, 1.165) is 6.42 Å². The number of hydrogen-bond donors (Lipinski definition) is 2. The van der Waals surface area contributed by atoms with Gasteiger partial charge in [-0.2, -0.15) is 10.5 Å². The average molecular weight is 559 g/mol. The predicted molar refractivity (Wildman–Crippen MR) is 153 cm³/mol. The number of benzene rings is 2. The van der Waals surface area contributed by atoms with Gasteiger partial charge in [-0.15, -0.1) is 0 Å². The van der Waals surface area contributed by atoms with Crippen LogP contribution in [0.3, 0.4) is 0 Å². The van der Waals surface area contributed by atoms with Crippen molar-refractivity contribution in [3.63, 3.8) is 0 Å². The summed E-state index contributed by atoms with van der Waals surface area (Å²) in [6.45, 7) is 9.96. The van der Waals surface area contributed by atoms with Gasteiger partial charge in [0.15, 0.2) is 0 Å². The first kappa shape index (κ1) is 31.9. The van der Waals surface area contributed by atoms with Crippen LogP contribution in [0.4, 0.5) is 0 Å². The normalized spacial score (nSPS) is 16.0. The van der Waals surface area contributed by atoms with E-state index < -0.39 is 26.2 Å². The molecule has 2 aromatic rings. The third kappa shape index (κ3) is 10.1. The summed E-state index contributed by atoms with van der Waals surface area (Å²) in [5.74, 6) is 0.142. The van der Waals surface area contributed by atoms with Crippen LogP contribution in [0.25, 0.3) is 0 Å². The highest BCUT2D eigenvalue weighted by Gasteiger charge is 2.35. The lowest BCUT2D eigenvalue weighted by atomic mass is 10.1. The van der Waals surface area contributed by atoms with Crippen LogP contribution in [0.1, 0.15) is 60.3 Å². The molecule has 10 heteroatoms. The van der Waals surface area contributed by atoms with Gasteiger partial charge in [0.25, 0.3) is 15.0 Å². The van der Waals surface area contributed by atoms with Crippen molar-refractivity contribution in [3.05, 3.63) is 60.7 Å². The highest BCUT2D eigenvalue weighted by molar-refractivity contribution is 7.65. The molecule has 2 N–H and O–H groups in total. The van der Waals surface area contributed by atoms with E-state index in [1.54, 1.807) is 52.0 Å². The van der Waals surface area contributed by atoms with Gasteiger partial charge >= 0.3 is 0 Å². The zero-order chi connectivity index (χ0) is 28.3. The molecule has 0 saturated heterocycles. The van der Waals surface area contributed by atoms with E-state index in [4.69, 9.17) is 19.6 Å². The molecule has 0 bridgehead atoms. The topological polar surface area (TPSA) is 124 Å². The van der Waals surface area contributed by atoms with Crippen LogP contribution in [0, 0.1) is 28.6 Å². The Morgan fingerprint density at radius 1 is 0.789 bits per heavy atom. The van der Waals surface area contributed by atoms with Crippen LogP contribution in [0.5, 0.6) is 0 Å². The van der Waals surface area contributed by atoms with Crippen molar-refractivity contribution in [2.75, 3.05) is 13.1 Å².